The molecule has 12 heteroatoms. The van der Waals surface area contributed by atoms with Crippen LogP contribution in [0.2, 0.25) is 0 Å². The highest BCUT2D eigenvalue weighted by Crippen LogP contribution is 2.62. The predicted molar refractivity (Wildman–Crippen MR) is 121 cm³/mol. The Morgan fingerprint density at radius 1 is 1.11 bits per heavy atom. The molecule has 0 aromatic carbocycles. The minimum Gasteiger partial charge on any atom is -0.462 e. The molecule has 4 N–H and O–H groups in total. The van der Waals surface area contributed by atoms with Crippen molar-refractivity contribution < 1.29 is 53.8 Å². The number of aliphatic hydroxyl groups excluding tert-OH is 2. The Morgan fingerprint density at radius 2 is 1.67 bits per heavy atom. The second-order valence-corrected chi connectivity index (χ2v) is 11.4. The van der Waals surface area contributed by atoms with E-state index in [2.05, 4.69) is 6.58 Å². The first-order chi connectivity index (χ1) is 16.4. The highest BCUT2D eigenvalue weighted by Gasteiger charge is 2.77. The fourth-order valence-corrected chi connectivity index (χ4v) is 7.29. The SMILES string of the molecule is C=C1C(Cl)C2OC(=O)C(C)C23OC1(O)CC(OC(C)=O)C1(C)C(OC(C)=O)CC(O)C(C)(O)C1C3O. The van der Waals surface area contributed by atoms with Crippen molar-refractivity contribution in [2.45, 2.75) is 100 Å². The summed E-state index contributed by atoms with van der Waals surface area (Å²) in [7, 11) is 0. The maximum Gasteiger partial charge on any atom is 0.312 e. The summed E-state index contributed by atoms with van der Waals surface area (Å²) >= 11 is 6.62. The highest BCUT2D eigenvalue weighted by atomic mass is 35.5. The number of rotatable bonds is 2. The molecule has 12 unspecified atom stereocenters. The zero-order valence-corrected chi connectivity index (χ0v) is 21.5. The summed E-state index contributed by atoms with van der Waals surface area (Å²) in [5, 5.41) is 45.3. The lowest BCUT2D eigenvalue weighted by atomic mass is 9.50. The Hall–Kier alpha value is -1.76. The first-order valence-electron chi connectivity index (χ1n) is 11.8. The quantitative estimate of drug-likeness (QED) is 0.162. The topological polar surface area (TPSA) is 169 Å². The van der Waals surface area contributed by atoms with Gasteiger partial charge in [-0.3, -0.25) is 14.4 Å². The van der Waals surface area contributed by atoms with Gasteiger partial charge in [-0.25, -0.2) is 0 Å². The van der Waals surface area contributed by atoms with Gasteiger partial charge in [0.25, 0.3) is 0 Å². The fraction of sp³-hybridized carbons (Fsp3) is 0.792. The molecule has 11 nitrogen and oxygen atoms in total. The fourth-order valence-electron chi connectivity index (χ4n) is 6.87. The van der Waals surface area contributed by atoms with Crippen molar-refractivity contribution in [1.82, 2.24) is 0 Å². The molecule has 1 spiro atoms. The predicted octanol–water partition coefficient (Wildman–Crippen LogP) is -0.0648. The monoisotopic (exact) mass is 532 g/mol. The molecule has 0 radical (unpaired) electrons. The Balaban J connectivity index is 2.04. The Kier molecular flexibility index (Phi) is 6.34. The summed E-state index contributed by atoms with van der Waals surface area (Å²) in [4.78, 5) is 37.1. The van der Waals surface area contributed by atoms with Crippen molar-refractivity contribution in [1.29, 1.82) is 0 Å². The molecule has 4 aliphatic rings. The largest absolute Gasteiger partial charge is 0.462 e. The maximum atomic E-state index is 12.8. The van der Waals surface area contributed by atoms with Gasteiger partial charge in [-0.1, -0.05) is 13.5 Å². The Labute approximate surface area is 213 Å². The van der Waals surface area contributed by atoms with Gasteiger partial charge in [-0.2, -0.15) is 0 Å². The molecule has 1 saturated carbocycles. The van der Waals surface area contributed by atoms with E-state index in [9.17, 15) is 34.8 Å². The van der Waals surface area contributed by atoms with Gasteiger partial charge >= 0.3 is 17.9 Å². The van der Waals surface area contributed by atoms with Gasteiger partial charge < -0.3 is 39.4 Å². The van der Waals surface area contributed by atoms with Crippen LogP contribution < -0.4 is 0 Å². The number of fused-ring (bicyclic) bond motifs is 2. The second kappa shape index (κ2) is 8.37. The zero-order chi connectivity index (χ0) is 27.2. The molecule has 0 aromatic rings. The molecule has 3 aliphatic heterocycles. The average molecular weight is 533 g/mol. The van der Waals surface area contributed by atoms with E-state index in [4.69, 9.17) is 30.5 Å². The van der Waals surface area contributed by atoms with E-state index in [1.807, 2.05) is 0 Å². The van der Waals surface area contributed by atoms with Crippen LogP contribution in [0.1, 0.15) is 47.5 Å². The summed E-state index contributed by atoms with van der Waals surface area (Å²) in [5.74, 6) is -7.13. The standard InChI is InChI=1S/C24H33ClO11/c1-9-16(25)19-24(10(2)20(30)35-19)18(29)17-21(5,15(34-12(4)27)8-23(9,32)36-24)14(33-11(3)26)7-13(28)22(17,6)31/h10,13-19,28-29,31-32H,1,7-8H2,2-6H3. The van der Waals surface area contributed by atoms with Gasteiger partial charge in [0.15, 0.2) is 11.9 Å². The van der Waals surface area contributed by atoms with Gasteiger partial charge in [0.1, 0.15) is 17.8 Å². The van der Waals surface area contributed by atoms with Crippen LogP contribution >= 0.6 is 11.6 Å². The number of carbonyl (C=O) groups excluding carboxylic acids is 3. The molecule has 12 atom stereocenters. The van der Waals surface area contributed by atoms with Gasteiger partial charge in [-0.05, 0) is 13.8 Å². The molecule has 1 aliphatic carbocycles. The Morgan fingerprint density at radius 3 is 2.22 bits per heavy atom. The minimum absolute atomic E-state index is 0.0789. The third-order valence-corrected chi connectivity index (χ3v) is 9.31. The normalized spacial score (nSPS) is 52.3. The number of aliphatic hydroxyl groups is 4. The maximum absolute atomic E-state index is 12.8. The molecule has 3 heterocycles. The number of hydrogen-bond donors (Lipinski definition) is 4. The summed E-state index contributed by atoms with van der Waals surface area (Å²) in [6.45, 7) is 10.4. The van der Waals surface area contributed by atoms with Crippen LogP contribution in [0.15, 0.2) is 12.2 Å². The molecule has 3 saturated heterocycles. The van der Waals surface area contributed by atoms with Crippen LogP contribution in [-0.2, 0) is 33.3 Å². The van der Waals surface area contributed by atoms with Crippen molar-refractivity contribution in [3.63, 3.8) is 0 Å². The molecule has 202 valence electrons. The van der Waals surface area contributed by atoms with E-state index >= 15 is 0 Å². The van der Waals surface area contributed by atoms with E-state index in [-0.39, 0.29) is 12.0 Å². The number of halogens is 1. The van der Waals surface area contributed by atoms with Crippen molar-refractivity contribution in [2.24, 2.45) is 17.3 Å². The molecular formula is C24H33ClO11. The number of carbonyl (C=O) groups is 3. The number of alkyl halides is 1. The van der Waals surface area contributed by atoms with Crippen LogP contribution in [-0.4, -0.2) is 91.2 Å². The van der Waals surface area contributed by atoms with E-state index in [1.165, 1.54) is 20.8 Å². The first kappa shape index (κ1) is 27.3. The van der Waals surface area contributed by atoms with Crippen LogP contribution in [0, 0.1) is 17.3 Å². The van der Waals surface area contributed by atoms with E-state index < -0.39 is 94.5 Å². The molecule has 36 heavy (non-hydrogen) atoms. The minimum atomic E-state index is -2.30. The van der Waals surface area contributed by atoms with Crippen molar-refractivity contribution in [2.75, 3.05) is 0 Å². The lowest BCUT2D eigenvalue weighted by Crippen LogP contribution is -2.78. The van der Waals surface area contributed by atoms with E-state index in [1.54, 1.807) is 0 Å². The summed E-state index contributed by atoms with van der Waals surface area (Å²) < 4.78 is 22.8. The lowest BCUT2D eigenvalue weighted by Gasteiger charge is -2.64. The molecule has 0 aromatic heterocycles. The number of ether oxygens (including phenoxy) is 4. The van der Waals surface area contributed by atoms with Crippen LogP contribution in [0.25, 0.3) is 0 Å². The zero-order valence-electron chi connectivity index (χ0n) is 20.8. The summed E-state index contributed by atoms with van der Waals surface area (Å²) in [6.07, 6.45) is -7.89. The van der Waals surface area contributed by atoms with Crippen molar-refractivity contribution >= 4 is 29.5 Å². The van der Waals surface area contributed by atoms with Gasteiger partial charge in [0.05, 0.1) is 34.5 Å². The van der Waals surface area contributed by atoms with Crippen LogP contribution in [0.4, 0.5) is 0 Å². The van der Waals surface area contributed by atoms with Crippen LogP contribution in [0.5, 0.6) is 0 Å². The van der Waals surface area contributed by atoms with Gasteiger partial charge in [-0.15, -0.1) is 11.6 Å². The molecule has 4 rings (SSSR count). The highest BCUT2D eigenvalue weighted by molar-refractivity contribution is 6.23. The second-order valence-electron chi connectivity index (χ2n) is 10.9. The van der Waals surface area contributed by atoms with Crippen LogP contribution in [0.3, 0.4) is 0 Å². The lowest BCUT2D eigenvalue weighted by molar-refractivity contribution is -0.366. The number of esters is 3. The third-order valence-electron chi connectivity index (χ3n) is 8.82. The van der Waals surface area contributed by atoms with Gasteiger partial charge in [0, 0.05) is 38.2 Å². The molecule has 4 fully saturated rings. The van der Waals surface area contributed by atoms with E-state index in [0.29, 0.717) is 0 Å². The van der Waals surface area contributed by atoms with Crippen molar-refractivity contribution in [3.05, 3.63) is 12.2 Å². The third kappa shape index (κ3) is 3.47. The molecule has 0 amide bonds. The van der Waals surface area contributed by atoms with E-state index in [0.717, 1.165) is 13.8 Å². The van der Waals surface area contributed by atoms with Gasteiger partial charge in [0.2, 0.25) is 0 Å². The molecular weight excluding hydrogens is 500 g/mol. The smallest absolute Gasteiger partial charge is 0.312 e. The molecule has 2 bridgehead atoms. The van der Waals surface area contributed by atoms with Crippen molar-refractivity contribution in [3.8, 4) is 0 Å². The first-order valence-corrected chi connectivity index (χ1v) is 12.3. The average Bonchev–Trinajstić information content (AvgIpc) is 3.00. The summed E-state index contributed by atoms with van der Waals surface area (Å²) in [5.41, 5.74) is -5.73. The Bertz CT molecular complexity index is 999. The summed E-state index contributed by atoms with van der Waals surface area (Å²) in [6, 6.07) is 0. The number of hydrogen-bond acceptors (Lipinski definition) is 11.